The van der Waals surface area contributed by atoms with E-state index in [9.17, 15) is 24.0 Å². The summed E-state index contributed by atoms with van der Waals surface area (Å²) in [5.74, 6) is -2.41. The van der Waals surface area contributed by atoms with Gasteiger partial charge in [-0.05, 0) is 57.5 Å². The second kappa shape index (κ2) is 19.8. The maximum atomic E-state index is 14.6. The molecule has 0 bridgehead atoms. The van der Waals surface area contributed by atoms with Gasteiger partial charge in [-0.25, -0.2) is 4.98 Å². The summed E-state index contributed by atoms with van der Waals surface area (Å²) in [6, 6.07) is -0.785. The molecular formula is C35H56N4O7S. The molecule has 0 aromatic carbocycles. The van der Waals surface area contributed by atoms with E-state index in [0.29, 0.717) is 11.4 Å². The van der Waals surface area contributed by atoms with Gasteiger partial charge in [-0.3, -0.25) is 28.9 Å². The third-order valence-corrected chi connectivity index (χ3v) is 9.76. The number of amides is 2. The number of carbonyl (C=O) groups excluding carboxylic acids is 5. The molecule has 1 aromatic heterocycles. The lowest BCUT2D eigenvalue weighted by molar-refractivity contribution is -0.162. The summed E-state index contributed by atoms with van der Waals surface area (Å²) in [6.45, 7) is 19.3. The summed E-state index contributed by atoms with van der Waals surface area (Å²) in [7, 11) is 1.96. The number of aromatic nitrogens is 1. The number of esters is 2. The van der Waals surface area contributed by atoms with Crippen molar-refractivity contribution in [3.05, 3.63) is 23.0 Å². The van der Waals surface area contributed by atoms with Gasteiger partial charge in [-0.1, -0.05) is 54.4 Å². The zero-order valence-electron chi connectivity index (χ0n) is 29.6. The second-order valence-corrected chi connectivity index (χ2v) is 14.4. The van der Waals surface area contributed by atoms with Gasteiger partial charge >= 0.3 is 11.9 Å². The minimum Gasteiger partial charge on any atom is -0.455 e. The number of Topliss-reactive ketones (excluding diaryl/α,β-unsaturated/α-hetero) is 1. The van der Waals surface area contributed by atoms with Crippen LogP contribution in [0.3, 0.4) is 0 Å². The number of carbonyl (C=O) groups is 5. The highest BCUT2D eigenvalue weighted by molar-refractivity contribution is 7.09. The molecule has 5 atom stereocenters. The summed E-state index contributed by atoms with van der Waals surface area (Å²) >= 11 is 1.18. The molecule has 11 nitrogen and oxygen atoms in total. The van der Waals surface area contributed by atoms with Crippen LogP contribution >= 0.6 is 11.3 Å². The first-order chi connectivity index (χ1) is 22.2. The van der Waals surface area contributed by atoms with Crippen LogP contribution in [0.15, 0.2) is 5.38 Å². The van der Waals surface area contributed by atoms with Crippen LogP contribution in [-0.2, 0) is 28.7 Å². The molecular weight excluding hydrogens is 620 g/mol. The largest absolute Gasteiger partial charge is 0.455 e. The Balaban J connectivity index is 2.49. The number of rotatable bonds is 19. The van der Waals surface area contributed by atoms with Gasteiger partial charge in [0.15, 0.2) is 18.6 Å². The number of ketones is 1. The molecule has 0 unspecified atom stereocenters. The van der Waals surface area contributed by atoms with Crippen molar-refractivity contribution in [3.8, 4) is 0 Å². The van der Waals surface area contributed by atoms with E-state index in [-0.39, 0.29) is 80.1 Å². The van der Waals surface area contributed by atoms with Crippen LogP contribution in [0.5, 0.6) is 0 Å². The lowest BCUT2D eigenvalue weighted by Crippen LogP contribution is -2.50. The molecule has 1 aromatic rings. The third-order valence-electron chi connectivity index (χ3n) is 8.83. The van der Waals surface area contributed by atoms with Gasteiger partial charge in [-0.2, -0.15) is 0 Å². The van der Waals surface area contributed by atoms with Gasteiger partial charge in [0.1, 0.15) is 10.7 Å². The Kier molecular flexibility index (Phi) is 17.0. The highest BCUT2D eigenvalue weighted by atomic mass is 32.1. The Morgan fingerprint density at radius 2 is 1.83 bits per heavy atom. The van der Waals surface area contributed by atoms with Gasteiger partial charge < -0.3 is 19.7 Å². The molecule has 2 amide bonds. The molecule has 2 heterocycles. The summed E-state index contributed by atoms with van der Waals surface area (Å²) in [6.07, 6.45) is 3.30. The lowest BCUT2D eigenvalue weighted by Gasteiger charge is -2.39. The van der Waals surface area contributed by atoms with Crippen molar-refractivity contribution >= 4 is 40.9 Å². The summed E-state index contributed by atoms with van der Waals surface area (Å²) < 4.78 is 11.4. The maximum absolute atomic E-state index is 14.6. The van der Waals surface area contributed by atoms with Gasteiger partial charge in [0.25, 0.3) is 5.91 Å². The molecule has 12 heteroatoms. The predicted octanol–water partition coefficient (Wildman–Crippen LogP) is 5.47. The number of ether oxygens (including phenoxy) is 2. The van der Waals surface area contributed by atoms with E-state index in [4.69, 9.17) is 16.4 Å². The molecule has 1 fully saturated rings. The van der Waals surface area contributed by atoms with Crippen LogP contribution in [0.25, 0.3) is 0 Å². The monoisotopic (exact) mass is 676 g/mol. The Labute approximate surface area is 285 Å². The average Bonchev–Trinajstić information content (AvgIpc) is 3.51. The van der Waals surface area contributed by atoms with E-state index in [1.165, 1.54) is 18.3 Å². The van der Waals surface area contributed by atoms with Crippen LogP contribution in [-0.4, -0.2) is 83.3 Å². The maximum Gasteiger partial charge on any atom is 0.307 e. The molecule has 2 radical (unpaired) electrons. The van der Waals surface area contributed by atoms with E-state index in [1.807, 2.05) is 48.6 Å². The van der Waals surface area contributed by atoms with E-state index in [1.54, 1.807) is 10.3 Å². The highest BCUT2D eigenvalue weighted by Gasteiger charge is 2.39. The fraction of sp³-hybridized carbons (Fsp3) is 0.743. The molecule has 47 heavy (non-hydrogen) atoms. The fourth-order valence-electron chi connectivity index (χ4n) is 5.92. The van der Waals surface area contributed by atoms with Gasteiger partial charge in [0, 0.05) is 50.1 Å². The Bertz CT molecular complexity index is 1190. The Morgan fingerprint density at radius 1 is 1.13 bits per heavy atom. The quantitative estimate of drug-likeness (QED) is 0.149. The molecule has 264 valence electrons. The zero-order chi connectivity index (χ0) is 35.3. The molecule has 1 aliphatic rings. The number of nitrogens with zero attached hydrogens (tertiary/aromatic N) is 3. The smallest absolute Gasteiger partial charge is 0.307 e. The van der Waals surface area contributed by atoms with Gasteiger partial charge in [-0.15, -0.1) is 11.3 Å². The molecule has 1 N–H and O–H groups in total. The summed E-state index contributed by atoms with van der Waals surface area (Å²) in [5.41, 5.74) is 0.176. The predicted molar refractivity (Wildman–Crippen MR) is 181 cm³/mol. The van der Waals surface area contributed by atoms with E-state index >= 15 is 0 Å². The second-order valence-electron chi connectivity index (χ2n) is 13.5. The van der Waals surface area contributed by atoms with Crippen LogP contribution in [0, 0.1) is 30.6 Å². The van der Waals surface area contributed by atoms with Gasteiger partial charge in [0.2, 0.25) is 5.91 Å². The lowest BCUT2D eigenvalue weighted by atomic mass is 9.82. The number of piperidine rings is 1. The molecule has 0 spiro atoms. The SMILES string of the molecule is [CH]CCNC(=O)c1csc([C@@H](C[C@H](C(C)C)N(COC(=O)CC(C)C)C(=O)[C@@H](CC(=O)[C@H]2CCCCN2C)[C@@H](C)CC)OC(C)=O)n1. The van der Waals surface area contributed by atoms with E-state index in [0.717, 1.165) is 25.8 Å². The average molecular weight is 677 g/mol. The number of nitrogens with one attached hydrogen (secondary N) is 1. The van der Waals surface area contributed by atoms with Crippen LogP contribution in [0.4, 0.5) is 0 Å². The molecule has 1 saturated heterocycles. The number of thiazole rings is 1. The first kappa shape index (κ1) is 40.3. The van der Waals surface area contributed by atoms with Crippen molar-refractivity contribution in [1.82, 2.24) is 20.1 Å². The molecule has 0 saturated carbocycles. The van der Waals surface area contributed by atoms with Crippen molar-refractivity contribution in [2.24, 2.45) is 23.7 Å². The van der Waals surface area contributed by atoms with Crippen molar-refractivity contribution in [1.29, 1.82) is 0 Å². The van der Waals surface area contributed by atoms with Crippen LogP contribution < -0.4 is 5.32 Å². The molecule has 1 aliphatic heterocycles. The normalized spacial score (nSPS) is 17.9. The standard InChI is InChI=1S/C35H56N4O7S/c1-10-15-36-33(43)27-20-47-34(37-27)31(46-25(8)40)19-29(23(5)6)39(21-45-32(42)17-22(3)4)35(44)26(24(7)11-2)18-30(41)28-14-12-13-16-38(28)9/h1,20,22-24,26,28-29,31H,10-19,21H2,2-9H3,(H,36,43)/t24-,26-,28+,29+,31+/m0/s1. The number of hydrogen-bond acceptors (Lipinski definition) is 10. The van der Waals surface area contributed by atoms with Gasteiger partial charge in [0.05, 0.1) is 6.04 Å². The van der Waals surface area contributed by atoms with Crippen molar-refractivity contribution in [2.45, 2.75) is 118 Å². The number of likely N-dealkylation sites (tertiary alicyclic amines) is 1. The zero-order valence-corrected chi connectivity index (χ0v) is 30.4. The minimum absolute atomic E-state index is 0.0460. The van der Waals surface area contributed by atoms with Crippen LogP contribution in [0.1, 0.15) is 121 Å². The Morgan fingerprint density at radius 3 is 2.40 bits per heavy atom. The first-order valence-corrected chi connectivity index (χ1v) is 17.9. The minimum atomic E-state index is -0.873. The topological polar surface area (TPSA) is 135 Å². The van der Waals surface area contributed by atoms with Crippen molar-refractivity contribution < 1.29 is 33.4 Å². The number of likely N-dealkylation sites (N-methyl/N-ethyl adjacent to an activating group) is 1. The molecule has 2 rings (SSSR count). The van der Waals surface area contributed by atoms with E-state index in [2.05, 4.69) is 15.2 Å². The van der Waals surface area contributed by atoms with Crippen molar-refractivity contribution in [3.63, 3.8) is 0 Å². The Hall–Kier alpha value is -2.86. The van der Waals surface area contributed by atoms with E-state index < -0.39 is 35.9 Å². The number of hydrogen-bond donors (Lipinski definition) is 1. The third kappa shape index (κ3) is 12.6. The van der Waals surface area contributed by atoms with Crippen LogP contribution in [0.2, 0.25) is 0 Å². The highest BCUT2D eigenvalue weighted by Crippen LogP contribution is 2.33. The first-order valence-electron chi connectivity index (χ1n) is 17.0. The molecule has 0 aliphatic carbocycles. The summed E-state index contributed by atoms with van der Waals surface area (Å²) in [5, 5.41) is 4.68. The fourth-order valence-corrected chi connectivity index (χ4v) is 6.75. The summed E-state index contributed by atoms with van der Waals surface area (Å²) in [4.78, 5) is 74.0. The van der Waals surface area contributed by atoms with Crippen molar-refractivity contribution in [2.75, 3.05) is 26.9 Å².